The molecule has 0 spiro atoms. The van der Waals surface area contributed by atoms with E-state index < -0.39 is 12.2 Å². The van der Waals surface area contributed by atoms with Gasteiger partial charge < -0.3 is 19.7 Å². The molecular weight excluding hydrogens is 520 g/mol. The number of fused-ring (bicyclic) bond motifs is 2. The summed E-state index contributed by atoms with van der Waals surface area (Å²) in [6.07, 6.45) is -0.254. The minimum atomic E-state index is -0.499. The topological polar surface area (TPSA) is 58.9 Å². The molecule has 0 fully saturated rings. The monoisotopic (exact) mass is 564 g/mol. The van der Waals surface area contributed by atoms with E-state index in [9.17, 15) is 10.2 Å². The van der Waals surface area contributed by atoms with Crippen LogP contribution in [0.3, 0.4) is 0 Å². The van der Waals surface area contributed by atoms with E-state index in [2.05, 4.69) is 116 Å². The molecule has 4 nitrogen and oxygen atoms in total. The summed E-state index contributed by atoms with van der Waals surface area (Å²) in [6.45, 7) is 16.7. The number of hydrogen-bond acceptors (Lipinski definition) is 4. The van der Waals surface area contributed by atoms with Crippen molar-refractivity contribution in [3.05, 3.63) is 127 Å². The molecule has 2 heterocycles. The van der Waals surface area contributed by atoms with Gasteiger partial charge in [-0.1, -0.05) is 48.5 Å². The van der Waals surface area contributed by atoms with E-state index in [1.54, 1.807) is 0 Å². The Balaban J connectivity index is 0.000000168. The summed E-state index contributed by atoms with van der Waals surface area (Å²) in [5.74, 6) is 1.84. The lowest BCUT2D eigenvalue weighted by atomic mass is 9.90. The number of ether oxygens (including phenoxy) is 2. The smallest absolute Gasteiger partial charge is 0.150 e. The highest BCUT2D eigenvalue weighted by atomic mass is 16.5. The highest BCUT2D eigenvalue weighted by Gasteiger charge is 2.32. The number of hydrogen-bond donors (Lipinski definition) is 2. The fourth-order valence-electron chi connectivity index (χ4n) is 6.18. The van der Waals surface area contributed by atoms with Crippen LogP contribution in [0.5, 0.6) is 11.5 Å². The molecule has 4 aromatic rings. The second-order valence-electron chi connectivity index (χ2n) is 12.4. The number of aryl methyl sites for hydroxylation is 8. The predicted octanol–water partition coefficient (Wildman–Crippen LogP) is 7.91. The molecule has 0 radical (unpaired) electrons. The molecule has 0 unspecified atom stereocenters. The SMILES string of the molecule is Cc1cc(C)c2c(c1)O[C@H](c1ccc(C)c(C)c1)[C@@H](O)C2.Cc1cc(C)c2c(c1)O[C@H](c1ccc(C)c(C)c1)[C@H](O)C2. The van der Waals surface area contributed by atoms with Crippen LogP contribution < -0.4 is 9.47 Å². The van der Waals surface area contributed by atoms with E-state index in [0.717, 1.165) is 33.8 Å². The molecule has 220 valence electrons. The second-order valence-corrected chi connectivity index (χ2v) is 12.4. The van der Waals surface area contributed by atoms with Gasteiger partial charge >= 0.3 is 0 Å². The van der Waals surface area contributed by atoms with Gasteiger partial charge in [-0.15, -0.1) is 0 Å². The Morgan fingerprint density at radius 1 is 0.476 bits per heavy atom. The zero-order valence-corrected chi connectivity index (χ0v) is 26.2. The van der Waals surface area contributed by atoms with E-state index in [0.29, 0.717) is 12.8 Å². The van der Waals surface area contributed by atoms with Crippen molar-refractivity contribution in [2.75, 3.05) is 0 Å². The van der Waals surface area contributed by atoms with E-state index >= 15 is 0 Å². The van der Waals surface area contributed by atoms with Crippen molar-refractivity contribution in [2.24, 2.45) is 0 Å². The molecular formula is C38H44O4. The Morgan fingerprint density at radius 2 is 0.857 bits per heavy atom. The van der Waals surface area contributed by atoms with Crippen molar-refractivity contribution in [1.82, 2.24) is 0 Å². The molecule has 2 aliphatic rings. The van der Waals surface area contributed by atoms with E-state index in [1.165, 1.54) is 44.5 Å². The molecule has 2 aliphatic heterocycles. The van der Waals surface area contributed by atoms with Gasteiger partial charge in [0.05, 0.1) is 12.2 Å². The Hall–Kier alpha value is -3.60. The Morgan fingerprint density at radius 3 is 1.21 bits per heavy atom. The maximum atomic E-state index is 10.5. The number of benzene rings is 4. The summed E-state index contributed by atoms with van der Waals surface area (Å²) >= 11 is 0. The average Bonchev–Trinajstić information content (AvgIpc) is 2.92. The molecule has 0 saturated heterocycles. The van der Waals surface area contributed by atoms with Crippen LogP contribution in [0.25, 0.3) is 0 Å². The highest BCUT2D eigenvalue weighted by Crippen LogP contribution is 2.39. The van der Waals surface area contributed by atoms with E-state index in [1.807, 2.05) is 0 Å². The number of rotatable bonds is 2. The summed E-state index contributed by atoms with van der Waals surface area (Å²) < 4.78 is 12.3. The lowest BCUT2D eigenvalue weighted by Crippen LogP contribution is -2.31. The zero-order valence-electron chi connectivity index (χ0n) is 26.2. The first-order valence-electron chi connectivity index (χ1n) is 14.9. The van der Waals surface area contributed by atoms with Crippen LogP contribution in [0.15, 0.2) is 60.7 Å². The zero-order chi connectivity index (χ0) is 30.3. The summed E-state index contributed by atoms with van der Waals surface area (Å²) in [4.78, 5) is 0. The molecule has 4 heteroatoms. The van der Waals surface area contributed by atoms with Crippen molar-refractivity contribution < 1.29 is 19.7 Å². The molecule has 0 aliphatic carbocycles. The number of aliphatic hydroxyl groups excluding tert-OH is 2. The summed E-state index contributed by atoms with van der Waals surface area (Å²) in [7, 11) is 0. The third kappa shape index (κ3) is 6.11. The van der Waals surface area contributed by atoms with Gasteiger partial charge in [0, 0.05) is 12.8 Å². The minimum Gasteiger partial charge on any atom is -0.483 e. The predicted molar refractivity (Wildman–Crippen MR) is 170 cm³/mol. The summed E-state index contributed by atoms with van der Waals surface area (Å²) in [5, 5.41) is 21.0. The molecule has 0 saturated carbocycles. The van der Waals surface area contributed by atoms with E-state index in [4.69, 9.17) is 9.47 Å². The molecule has 2 N–H and O–H groups in total. The first-order valence-corrected chi connectivity index (χ1v) is 14.9. The average molecular weight is 565 g/mol. The lowest BCUT2D eigenvalue weighted by molar-refractivity contribution is 0.0205. The normalized spacial score (nSPS) is 20.8. The van der Waals surface area contributed by atoms with Gasteiger partial charge in [-0.3, -0.25) is 0 Å². The van der Waals surface area contributed by atoms with E-state index in [-0.39, 0.29) is 12.2 Å². The molecule has 0 aromatic heterocycles. The Labute approximate surface area is 251 Å². The van der Waals surface area contributed by atoms with Gasteiger partial charge in [0.1, 0.15) is 23.7 Å². The molecule has 42 heavy (non-hydrogen) atoms. The standard InChI is InChI=1S/2C19H22O2/c2*1-11-7-14(4)16-10-17(20)19(21-18(16)8-11)15-6-5-12(2)13(3)9-15/h2*5-9,17,19-20H,10H2,1-4H3/t17-,19+;17-,19-/m01/s1. The fourth-order valence-corrected chi connectivity index (χ4v) is 6.18. The van der Waals surface area contributed by atoms with Crippen LogP contribution in [0, 0.1) is 55.4 Å². The van der Waals surface area contributed by atoms with Crippen LogP contribution in [-0.4, -0.2) is 22.4 Å². The summed E-state index contributed by atoms with van der Waals surface area (Å²) in [6, 6.07) is 21.0. The third-order valence-corrected chi connectivity index (χ3v) is 8.91. The molecule has 4 aromatic carbocycles. The van der Waals surface area contributed by atoms with Crippen LogP contribution in [0.2, 0.25) is 0 Å². The van der Waals surface area contributed by atoms with Crippen LogP contribution in [0.4, 0.5) is 0 Å². The van der Waals surface area contributed by atoms with Crippen LogP contribution in [-0.2, 0) is 12.8 Å². The third-order valence-electron chi connectivity index (χ3n) is 8.91. The highest BCUT2D eigenvalue weighted by molar-refractivity contribution is 5.47. The molecule has 6 rings (SSSR count). The largest absolute Gasteiger partial charge is 0.483 e. The molecule has 0 bridgehead atoms. The van der Waals surface area contributed by atoms with Crippen molar-refractivity contribution >= 4 is 0 Å². The number of aliphatic hydroxyl groups is 2. The molecule has 4 atom stereocenters. The van der Waals surface area contributed by atoms with Gasteiger partial charge in [-0.25, -0.2) is 0 Å². The summed E-state index contributed by atoms with van der Waals surface area (Å²) in [5.41, 5.74) is 14.1. The van der Waals surface area contributed by atoms with Crippen LogP contribution in [0.1, 0.15) is 79.0 Å². The second kappa shape index (κ2) is 11.9. The Kier molecular flexibility index (Phi) is 8.50. The van der Waals surface area contributed by atoms with Crippen LogP contribution >= 0.6 is 0 Å². The van der Waals surface area contributed by atoms with Gasteiger partial charge in [0.15, 0.2) is 0 Å². The van der Waals surface area contributed by atoms with Crippen molar-refractivity contribution in [2.45, 2.75) is 92.6 Å². The fraction of sp³-hybridized carbons (Fsp3) is 0.368. The molecule has 0 amide bonds. The van der Waals surface area contributed by atoms with Crippen molar-refractivity contribution in [3.8, 4) is 11.5 Å². The Bertz CT molecular complexity index is 1500. The van der Waals surface area contributed by atoms with Gasteiger partial charge in [-0.05, 0) is 134 Å². The first-order chi connectivity index (χ1) is 19.9. The van der Waals surface area contributed by atoms with Gasteiger partial charge in [-0.2, -0.15) is 0 Å². The maximum absolute atomic E-state index is 10.5. The quantitative estimate of drug-likeness (QED) is 0.260. The van der Waals surface area contributed by atoms with Gasteiger partial charge in [0.25, 0.3) is 0 Å². The minimum absolute atomic E-state index is 0.280. The maximum Gasteiger partial charge on any atom is 0.150 e. The lowest BCUT2D eigenvalue weighted by Gasteiger charge is -2.32. The van der Waals surface area contributed by atoms with Crippen molar-refractivity contribution in [1.29, 1.82) is 0 Å². The first kappa shape index (κ1) is 29.9. The van der Waals surface area contributed by atoms with Gasteiger partial charge in [0.2, 0.25) is 0 Å². The van der Waals surface area contributed by atoms with Crippen molar-refractivity contribution in [3.63, 3.8) is 0 Å².